The van der Waals surface area contributed by atoms with Gasteiger partial charge in [0.15, 0.2) is 17.0 Å². The van der Waals surface area contributed by atoms with Gasteiger partial charge in [0.25, 0.3) is 0 Å². The van der Waals surface area contributed by atoms with Gasteiger partial charge >= 0.3 is 5.97 Å². The first-order chi connectivity index (χ1) is 14.0. The van der Waals surface area contributed by atoms with Gasteiger partial charge < -0.3 is 19.6 Å². The second-order valence-electron chi connectivity index (χ2n) is 6.77. The number of carbonyl (C=O) groups is 1. The van der Waals surface area contributed by atoms with Gasteiger partial charge in [-0.1, -0.05) is 12.1 Å². The number of aromatic amines is 1. The molecule has 1 aliphatic heterocycles. The van der Waals surface area contributed by atoms with Gasteiger partial charge in [-0.15, -0.1) is 11.8 Å². The summed E-state index contributed by atoms with van der Waals surface area (Å²) in [6.07, 6.45) is 0.184. The number of aromatic nitrogens is 1. The molecule has 8 heteroatoms. The molecule has 6 nitrogen and oxygen atoms in total. The van der Waals surface area contributed by atoms with E-state index in [9.17, 15) is 14.3 Å². The van der Waals surface area contributed by atoms with E-state index < -0.39 is 11.5 Å². The highest BCUT2D eigenvalue weighted by atomic mass is 32.2. The molecule has 0 fully saturated rings. The Bertz CT molecular complexity index is 1100. The van der Waals surface area contributed by atoms with Crippen LogP contribution in [0.25, 0.3) is 10.9 Å². The molecular formula is C21H19FN2O4S. The van der Waals surface area contributed by atoms with Gasteiger partial charge in [-0.2, -0.15) is 0 Å². The van der Waals surface area contributed by atoms with Crippen LogP contribution in [0.4, 0.5) is 4.39 Å². The van der Waals surface area contributed by atoms with Gasteiger partial charge in [0, 0.05) is 23.4 Å². The predicted octanol–water partition coefficient (Wildman–Crippen LogP) is 3.91. The number of rotatable bonds is 7. The van der Waals surface area contributed by atoms with Gasteiger partial charge in [0.05, 0.1) is 7.11 Å². The van der Waals surface area contributed by atoms with Crippen molar-refractivity contribution >= 4 is 33.7 Å². The Morgan fingerprint density at radius 1 is 1.28 bits per heavy atom. The highest BCUT2D eigenvalue weighted by molar-refractivity contribution is 8.14. The summed E-state index contributed by atoms with van der Waals surface area (Å²) in [4.78, 5) is 19.7. The summed E-state index contributed by atoms with van der Waals surface area (Å²) in [5.41, 5.74) is 0.0444. The number of carboxylic acid groups (broad SMARTS) is 1. The fourth-order valence-electron chi connectivity index (χ4n) is 3.30. The lowest BCUT2D eigenvalue weighted by Crippen LogP contribution is -2.39. The lowest BCUT2D eigenvalue weighted by molar-refractivity contribution is -0.142. The lowest BCUT2D eigenvalue weighted by Gasteiger charge is -2.19. The summed E-state index contributed by atoms with van der Waals surface area (Å²) < 4.78 is 24.5. The molecule has 0 saturated carbocycles. The molecule has 3 aromatic rings. The number of carboxylic acids is 1. The number of para-hydroxylation sites is 2. The standard InChI is InChI=1S/C21H19FN2O4S/c1-27-17-4-2-3-5-18(17)28-11-19-24-21(12-29-19,20(25)26)10-15-8-13-6-7-14(22)9-16(13)23-15/h2-9,23H,10-12H2,1H3,(H,25,26). The number of halogens is 1. The summed E-state index contributed by atoms with van der Waals surface area (Å²) >= 11 is 1.37. The van der Waals surface area contributed by atoms with E-state index in [-0.39, 0.29) is 18.8 Å². The number of aliphatic carboxylic acids is 1. The molecule has 1 aliphatic rings. The van der Waals surface area contributed by atoms with Crippen molar-refractivity contribution in [3.8, 4) is 11.5 Å². The Morgan fingerprint density at radius 3 is 2.83 bits per heavy atom. The van der Waals surface area contributed by atoms with Crippen LogP contribution >= 0.6 is 11.8 Å². The second kappa shape index (κ2) is 7.79. The fraction of sp³-hybridized carbons (Fsp3) is 0.238. The first-order valence-corrected chi connectivity index (χ1v) is 9.95. The fourth-order valence-corrected chi connectivity index (χ4v) is 4.38. The number of thioether (sulfide) groups is 1. The molecule has 29 heavy (non-hydrogen) atoms. The van der Waals surface area contributed by atoms with Gasteiger partial charge in [-0.3, -0.25) is 4.99 Å². The molecule has 0 amide bonds. The quantitative estimate of drug-likeness (QED) is 0.613. The zero-order valence-corrected chi connectivity index (χ0v) is 16.5. The number of nitrogens with zero attached hydrogens (tertiary/aromatic N) is 1. The van der Waals surface area contributed by atoms with E-state index >= 15 is 0 Å². The molecule has 2 aromatic carbocycles. The van der Waals surface area contributed by atoms with Crippen LogP contribution in [0.1, 0.15) is 5.69 Å². The number of hydrogen-bond acceptors (Lipinski definition) is 5. The van der Waals surface area contributed by atoms with Crippen LogP contribution in [-0.4, -0.2) is 46.1 Å². The summed E-state index contributed by atoms with van der Waals surface area (Å²) in [5, 5.41) is 11.3. The molecule has 2 N–H and O–H groups in total. The maximum absolute atomic E-state index is 13.4. The molecular weight excluding hydrogens is 395 g/mol. The van der Waals surface area contributed by atoms with Crippen LogP contribution in [-0.2, 0) is 11.2 Å². The highest BCUT2D eigenvalue weighted by Gasteiger charge is 2.43. The smallest absolute Gasteiger partial charge is 0.332 e. The first kappa shape index (κ1) is 19.3. The summed E-state index contributed by atoms with van der Waals surface area (Å²) in [7, 11) is 1.56. The maximum atomic E-state index is 13.4. The van der Waals surface area contributed by atoms with Gasteiger partial charge in [0.1, 0.15) is 17.5 Å². The molecule has 2 heterocycles. The van der Waals surface area contributed by atoms with Crippen LogP contribution < -0.4 is 9.47 Å². The second-order valence-corrected chi connectivity index (χ2v) is 7.82. The van der Waals surface area contributed by atoms with Crippen molar-refractivity contribution in [2.75, 3.05) is 19.5 Å². The molecule has 1 aromatic heterocycles. The monoisotopic (exact) mass is 414 g/mol. The zero-order valence-electron chi connectivity index (χ0n) is 15.6. The molecule has 150 valence electrons. The normalized spacial score (nSPS) is 18.6. The van der Waals surface area contributed by atoms with Gasteiger partial charge in [0.2, 0.25) is 0 Å². The molecule has 0 radical (unpaired) electrons. The third-order valence-electron chi connectivity index (χ3n) is 4.76. The average molecular weight is 414 g/mol. The number of fused-ring (bicyclic) bond motifs is 1. The molecule has 1 unspecified atom stereocenters. The van der Waals surface area contributed by atoms with Crippen molar-refractivity contribution in [3.63, 3.8) is 0 Å². The van der Waals surface area contributed by atoms with E-state index in [1.807, 2.05) is 18.2 Å². The van der Waals surface area contributed by atoms with Crippen LogP contribution in [0.5, 0.6) is 11.5 Å². The minimum absolute atomic E-state index is 0.165. The van der Waals surface area contributed by atoms with Crippen LogP contribution in [0, 0.1) is 5.82 Å². The number of ether oxygens (including phenoxy) is 2. The molecule has 0 spiro atoms. The largest absolute Gasteiger partial charge is 0.493 e. The van der Waals surface area contributed by atoms with Crippen LogP contribution in [0.2, 0.25) is 0 Å². The third kappa shape index (κ3) is 3.93. The topological polar surface area (TPSA) is 83.9 Å². The van der Waals surface area contributed by atoms with E-state index in [2.05, 4.69) is 9.98 Å². The Labute approximate surface area is 170 Å². The lowest BCUT2D eigenvalue weighted by atomic mass is 9.96. The number of H-pyrrole nitrogens is 1. The number of hydrogen-bond donors (Lipinski definition) is 2. The summed E-state index contributed by atoms with van der Waals surface area (Å²) in [5.74, 6) is 0.136. The Kier molecular flexibility index (Phi) is 5.19. The number of benzene rings is 2. The maximum Gasteiger partial charge on any atom is 0.332 e. The number of aliphatic imine (C=N–C) groups is 1. The van der Waals surface area contributed by atoms with Crippen molar-refractivity contribution in [2.45, 2.75) is 12.0 Å². The average Bonchev–Trinajstić information content (AvgIpc) is 3.30. The minimum Gasteiger partial charge on any atom is -0.493 e. The van der Waals surface area contributed by atoms with E-state index in [4.69, 9.17) is 9.47 Å². The van der Waals surface area contributed by atoms with Crippen molar-refractivity contribution < 1.29 is 23.8 Å². The Balaban J connectivity index is 1.53. The Hall–Kier alpha value is -3.00. The van der Waals surface area contributed by atoms with Crippen molar-refractivity contribution in [3.05, 3.63) is 60.0 Å². The number of nitrogens with one attached hydrogen (secondary N) is 1. The predicted molar refractivity (Wildman–Crippen MR) is 111 cm³/mol. The summed E-state index contributed by atoms with van der Waals surface area (Å²) in [6.45, 7) is 0.165. The molecule has 0 bridgehead atoms. The van der Waals surface area contributed by atoms with E-state index in [1.165, 1.54) is 23.9 Å². The van der Waals surface area contributed by atoms with Crippen molar-refractivity contribution in [1.82, 2.24) is 4.98 Å². The van der Waals surface area contributed by atoms with Crippen LogP contribution in [0.15, 0.2) is 53.5 Å². The van der Waals surface area contributed by atoms with Gasteiger partial charge in [-0.25, -0.2) is 9.18 Å². The van der Waals surface area contributed by atoms with E-state index in [0.717, 1.165) is 5.39 Å². The van der Waals surface area contributed by atoms with E-state index in [0.29, 0.717) is 33.5 Å². The highest BCUT2D eigenvalue weighted by Crippen LogP contribution is 2.33. The number of methoxy groups -OCH3 is 1. The van der Waals surface area contributed by atoms with E-state index in [1.54, 1.807) is 25.3 Å². The third-order valence-corrected chi connectivity index (χ3v) is 5.92. The van der Waals surface area contributed by atoms with Gasteiger partial charge in [-0.05, 0) is 41.8 Å². The SMILES string of the molecule is COc1ccccc1OCC1=NC(Cc2cc3ccc(F)cc3[nH]2)(C(=O)O)CS1. The molecule has 1 atom stereocenters. The minimum atomic E-state index is -1.29. The Morgan fingerprint density at radius 2 is 2.07 bits per heavy atom. The van der Waals surface area contributed by atoms with Crippen LogP contribution in [0.3, 0.4) is 0 Å². The van der Waals surface area contributed by atoms with Crippen molar-refractivity contribution in [1.29, 1.82) is 0 Å². The summed E-state index contributed by atoms with van der Waals surface area (Å²) in [6, 6.07) is 13.5. The van der Waals surface area contributed by atoms with Crippen molar-refractivity contribution in [2.24, 2.45) is 4.99 Å². The first-order valence-electron chi connectivity index (χ1n) is 8.97. The molecule has 0 saturated heterocycles. The zero-order chi connectivity index (χ0) is 20.4. The molecule has 4 rings (SSSR count). The molecule has 0 aliphatic carbocycles.